The number of allylic oxidation sites excluding steroid dienone is 4. The summed E-state index contributed by atoms with van der Waals surface area (Å²) in [6.07, 6.45) is 4.89. The summed E-state index contributed by atoms with van der Waals surface area (Å²) in [5.74, 6) is -7.32. The highest BCUT2D eigenvalue weighted by molar-refractivity contribution is 6.39. The molecule has 57 heavy (non-hydrogen) atoms. The number of carbonyl (C=O) groups is 4. The van der Waals surface area contributed by atoms with Crippen LogP contribution in [0.15, 0.2) is 36.0 Å². The maximum atomic E-state index is 14.3. The summed E-state index contributed by atoms with van der Waals surface area (Å²) < 4.78 is 29.8. The number of rotatable bonds is 7. The fourth-order valence-corrected chi connectivity index (χ4v) is 9.44. The molecule has 1 amide bonds. The second-order valence-electron chi connectivity index (χ2n) is 17.3. The first-order valence-electron chi connectivity index (χ1n) is 20.9. The number of ether oxygens (including phenoxy) is 5. The van der Waals surface area contributed by atoms with Crippen molar-refractivity contribution in [3.63, 3.8) is 0 Å². The molecule has 2 saturated heterocycles. The summed E-state index contributed by atoms with van der Waals surface area (Å²) in [6.45, 7) is 13.2. The molecule has 3 aliphatic heterocycles. The average Bonchev–Trinajstić information content (AvgIpc) is 3.18. The molecular formula is C44H69NO12. The predicted octanol–water partition coefficient (Wildman–Crippen LogP) is 4.64. The highest BCUT2D eigenvalue weighted by Crippen LogP contribution is 2.39. The molecule has 1 saturated carbocycles. The van der Waals surface area contributed by atoms with E-state index in [-0.39, 0.29) is 55.4 Å². The Balaban J connectivity index is 1.78. The summed E-state index contributed by atoms with van der Waals surface area (Å²) in [4.78, 5) is 57.8. The van der Waals surface area contributed by atoms with E-state index in [0.717, 1.165) is 0 Å². The number of ketones is 2. The van der Waals surface area contributed by atoms with Gasteiger partial charge in [-0.15, -0.1) is 6.58 Å². The molecular weight excluding hydrogens is 734 g/mol. The first-order chi connectivity index (χ1) is 27.0. The SMILES string of the molecule is C=CC/C1=C\C(C)C[C@H](C)CC(OC)[C@H]2O[C@@](O)(C(=O)C(=O)N3CCCC[C@H]3C(=O)OC(C(C)=C[C@@H]3CC[C@@H](O)[C@H](OC)C3)C(C)C(O)CC1=O)[C@H](C)C[C@@H]2OC. The van der Waals surface area contributed by atoms with Crippen LogP contribution in [0.1, 0.15) is 105 Å². The number of hydrogen-bond donors (Lipinski definition) is 3. The van der Waals surface area contributed by atoms with E-state index in [1.54, 1.807) is 27.0 Å². The van der Waals surface area contributed by atoms with Gasteiger partial charge in [0.2, 0.25) is 5.79 Å². The summed E-state index contributed by atoms with van der Waals surface area (Å²) in [5, 5.41) is 34.1. The van der Waals surface area contributed by atoms with E-state index in [4.69, 9.17) is 23.7 Å². The maximum absolute atomic E-state index is 14.3. The second kappa shape index (κ2) is 21.0. The van der Waals surface area contributed by atoms with Crippen molar-refractivity contribution in [2.24, 2.45) is 29.6 Å². The zero-order valence-electron chi connectivity index (χ0n) is 35.4. The molecule has 4 aliphatic rings. The van der Waals surface area contributed by atoms with Crippen LogP contribution >= 0.6 is 0 Å². The summed E-state index contributed by atoms with van der Waals surface area (Å²) in [6, 6.07) is -1.14. The minimum atomic E-state index is -2.51. The van der Waals surface area contributed by atoms with Crippen molar-refractivity contribution in [3.05, 3.63) is 36.0 Å². The van der Waals surface area contributed by atoms with E-state index in [9.17, 15) is 34.5 Å². The van der Waals surface area contributed by atoms with Crippen LogP contribution < -0.4 is 0 Å². The number of amides is 1. The number of esters is 1. The number of hydrogen-bond acceptors (Lipinski definition) is 12. The lowest BCUT2D eigenvalue weighted by atomic mass is 9.81. The number of aliphatic hydroxyl groups is 3. The van der Waals surface area contributed by atoms with E-state index in [2.05, 4.69) is 13.5 Å². The van der Waals surface area contributed by atoms with Gasteiger partial charge in [0.1, 0.15) is 18.2 Å². The molecule has 3 heterocycles. The van der Waals surface area contributed by atoms with Crippen LogP contribution in [0, 0.1) is 29.6 Å². The number of fused-ring (bicyclic) bond motifs is 3. The zero-order chi connectivity index (χ0) is 42.2. The number of piperidine rings is 1. The van der Waals surface area contributed by atoms with Gasteiger partial charge in [0.05, 0.1) is 30.5 Å². The van der Waals surface area contributed by atoms with Crippen molar-refractivity contribution in [1.82, 2.24) is 4.90 Å². The van der Waals surface area contributed by atoms with Crippen LogP contribution in [0.25, 0.3) is 0 Å². The number of Topliss-reactive ketones (excluding diaryl/α,β-unsaturated/α-hetero) is 2. The third kappa shape index (κ3) is 11.3. The lowest BCUT2D eigenvalue weighted by molar-refractivity contribution is -0.302. The molecule has 3 N–H and O–H groups in total. The Morgan fingerprint density at radius 2 is 1.58 bits per heavy atom. The monoisotopic (exact) mass is 803 g/mol. The highest BCUT2D eigenvalue weighted by Gasteiger charge is 2.56. The molecule has 0 aromatic carbocycles. The molecule has 3 fully saturated rings. The number of cyclic esters (lactones) is 1. The minimum absolute atomic E-state index is 0.0120. The molecule has 4 rings (SSSR count). The molecule has 5 unspecified atom stereocenters. The fourth-order valence-electron chi connectivity index (χ4n) is 9.44. The Kier molecular flexibility index (Phi) is 17.2. The van der Waals surface area contributed by atoms with Crippen molar-refractivity contribution >= 4 is 23.4 Å². The maximum Gasteiger partial charge on any atom is 0.329 e. The summed E-state index contributed by atoms with van der Waals surface area (Å²) in [5.41, 5.74) is 1.18. The first kappa shape index (κ1) is 46.9. The minimum Gasteiger partial charge on any atom is -0.456 e. The Morgan fingerprint density at radius 3 is 2.23 bits per heavy atom. The number of methoxy groups -OCH3 is 3. The molecule has 13 heteroatoms. The van der Waals surface area contributed by atoms with E-state index < -0.39 is 77.9 Å². The largest absolute Gasteiger partial charge is 0.456 e. The summed E-state index contributed by atoms with van der Waals surface area (Å²) in [7, 11) is 4.61. The lowest BCUT2D eigenvalue weighted by Gasteiger charge is -2.47. The topological polar surface area (TPSA) is 178 Å². The van der Waals surface area contributed by atoms with Crippen LogP contribution in [0.2, 0.25) is 0 Å². The van der Waals surface area contributed by atoms with Crippen LogP contribution in [0.3, 0.4) is 0 Å². The van der Waals surface area contributed by atoms with E-state index in [0.29, 0.717) is 62.5 Å². The van der Waals surface area contributed by atoms with Gasteiger partial charge in [-0.05, 0) is 100 Å². The Hall–Kier alpha value is -2.78. The van der Waals surface area contributed by atoms with Crippen molar-refractivity contribution in [2.75, 3.05) is 27.9 Å². The molecule has 0 aromatic heterocycles. The van der Waals surface area contributed by atoms with Crippen LogP contribution in [-0.4, -0.2) is 126 Å². The second-order valence-corrected chi connectivity index (χ2v) is 17.3. The summed E-state index contributed by atoms with van der Waals surface area (Å²) >= 11 is 0. The Morgan fingerprint density at radius 1 is 0.912 bits per heavy atom. The van der Waals surface area contributed by atoms with Crippen LogP contribution in [-0.2, 0) is 42.9 Å². The van der Waals surface area contributed by atoms with Gasteiger partial charge in [-0.3, -0.25) is 14.4 Å². The van der Waals surface area contributed by atoms with Gasteiger partial charge in [-0.2, -0.15) is 0 Å². The number of nitrogens with zero attached hydrogens (tertiary/aromatic N) is 1. The van der Waals surface area contributed by atoms with Crippen molar-refractivity contribution < 1.29 is 58.2 Å². The molecule has 322 valence electrons. The Bertz CT molecular complexity index is 1480. The standard InChI is InChI=1S/C44H69NO12/c1-10-13-31-19-25(2)18-26(3)20-37(54-8)40-38(55-9)22-28(5)44(52,57-40)41(49)42(50)45-17-12-11-14-32(45)43(51)56-39(29(6)34(47)24-35(31)48)27(4)21-30-15-16-33(46)36(23-30)53-7/h10,19,21,25-26,28-30,32-34,36-40,46-47,52H,1,11-18,20,22-24H2,2-9H3/b27-21?,31-19+/t25?,26-,28+,29?,30-,32-,33+,34?,36+,37?,38-,39?,40+,44+/m0/s1. The van der Waals surface area contributed by atoms with Crippen molar-refractivity contribution in [1.29, 1.82) is 0 Å². The van der Waals surface area contributed by atoms with Gasteiger partial charge < -0.3 is 43.9 Å². The predicted molar refractivity (Wildman–Crippen MR) is 213 cm³/mol. The zero-order valence-corrected chi connectivity index (χ0v) is 35.4. The Labute approximate surface area is 339 Å². The molecule has 0 radical (unpaired) electrons. The van der Waals surface area contributed by atoms with Crippen molar-refractivity contribution in [3.8, 4) is 0 Å². The van der Waals surface area contributed by atoms with Crippen molar-refractivity contribution in [2.45, 2.75) is 160 Å². The normalized spacial score (nSPS) is 41.0. The van der Waals surface area contributed by atoms with Crippen LogP contribution in [0.4, 0.5) is 0 Å². The number of aliphatic hydroxyl groups excluding tert-OH is 2. The highest BCUT2D eigenvalue weighted by atomic mass is 16.7. The molecule has 14 atom stereocenters. The van der Waals surface area contributed by atoms with Crippen LogP contribution in [0.5, 0.6) is 0 Å². The molecule has 0 spiro atoms. The fraction of sp³-hybridized carbons (Fsp3) is 0.773. The third-order valence-electron chi connectivity index (χ3n) is 12.8. The van der Waals surface area contributed by atoms with Gasteiger partial charge >= 0.3 is 5.97 Å². The smallest absolute Gasteiger partial charge is 0.329 e. The van der Waals surface area contributed by atoms with E-state index >= 15 is 0 Å². The van der Waals surface area contributed by atoms with E-state index in [1.807, 2.05) is 26.0 Å². The van der Waals surface area contributed by atoms with Gasteiger partial charge in [0.25, 0.3) is 11.7 Å². The van der Waals surface area contributed by atoms with Gasteiger partial charge in [0.15, 0.2) is 5.78 Å². The molecule has 2 bridgehead atoms. The number of carbonyl (C=O) groups excluding carboxylic acids is 4. The first-order valence-corrected chi connectivity index (χ1v) is 20.9. The average molecular weight is 804 g/mol. The van der Waals surface area contributed by atoms with E-state index in [1.165, 1.54) is 19.1 Å². The lowest BCUT2D eigenvalue weighted by Crippen LogP contribution is -2.64. The molecule has 13 nitrogen and oxygen atoms in total. The third-order valence-corrected chi connectivity index (χ3v) is 12.8. The van der Waals surface area contributed by atoms with Gasteiger partial charge in [-0.1, -0.05) is 45.9 Å². The van der Waals surface area contributed by atoms with Gasteiger partial charge in [-0.25, -0.2) is 4.79 Å². The molecule has 0 aromatic rings. The molecule has 1 aliphatic carbocycles. The van der Waals surface area contributed by atoms with Gasteiger partial charge in [0, 0.05) is 46.1 Å². The quantitative estimate of drug-likeness (QED) is 0.185.